The smallest absolute Gasteiger partial charge is 0.255 e. The molecular formula is C21H21N3O5S. The zero-order valence-electron chi connectivity index (χ0n) is 16.4. The molecule has 2 N–H and O–H groups in total. The van der Waals surface area contributed by atoms with E-state index in [4.69, 9.17) is 4.74 Å². The molecular weight excluding hydrogens is 406 g/mol. The molecule has 3 rings (SSSR count). The van der Waals surface area contributed by atoms with Crippen LogP contribution in [0.1, 0.15) is 5.56 Å². The van der Waals surface area contributed by atoms with E-state index >= 15 is 0 Å². The van der Waals surface area contributed by atoms with Crippen molar-refractivity contribution in [3.05, 3.63) is 66.2 Å². The Kier molecular flexibility index (Phi) is 6.34. The van der Waals surface area contributed by atoms with E-state index in [9.17, 15) is 18.3 Å². The van der Waals surface area contributed by atoms with E-state index in [-0.39, 0.29) is 16.4 Å². The summed E-state index contributed by atoms with van der Waals surface area (Å²) in [6.45, 7) is -0.397. The molecule has 0 aliphatic carbocycles. The van der Waals surface area contributed by atoms with Crippen LogP contribution in [0.3, 0.4) is 0 Å². The number of aromatic hydroxyl groups is 1. The number of nitrogens with zero attached hydrogens (tertiary/aromatic N) is 2. The number of rotatable bonds is 7. The van der Waals surface area contributed by atoms with Crippen molar-refractivity contribution in [2.24, 2.45) is 5.10 Å². The monoisotopic (exact) mass is 427 g/mol. The summed E-state index contributed by atoms with van der Waals surface area (Å²) >= 11 is 0. The van der Waals surface area contributed by atoms with Crippen LogP contribution >= 0.6 is 0 Å². The number of ether oxygens (including phenoxy) is 1. The molecule has 156 valence electrons. The molecule has 0 bridgehead atoms. The fourth-order valence-corrected chi connectivity index (χ4v) is 3.95. The summed E-state index contributed by atoms with van der Waals surface area (Å²) < 4.78 is 31.5. The van der Waals surface area contributed by atoms with E-state index in [1.807, 2.05) is 24.3 Å². The number of fused-ring (bicyclic) bond motifs is 1. The third kappa shape index (κ3) is 4.76. The summed E-state index contributed by atoms with van der Waals surface area (Å²) in [5, 5.41) is 15.1. The van der Waals surface area contributed by atoms with Crippen LogP contribution in [0, 0.1) is 0 Å². The first kappa shape index (κ1) is 21.3. The van der Waals surface area contributed by atoms with Crippen LogP contribution in [0.4, 0.5) is 0 Å². The van der Waals surface area contributed by atoms with Gasteiger partial charge in [-0.05, 0) is 46.7 Å². The molecule has 8 nitrogen and oxygen atoms in total. The minimum atomic E-state index is -3.84. The van der Waals surface area contributed by atoms with Gasteiger partial charge in [0.2, 0.25) is 10.0 Å². The van der Waals surface area contributed by atoms with Gasteiger partial charge in [0.25, 0.3) is 5.91 Å². The van der Waals surface area contributed by atoms with Gasteiger partial charge >= 0.3 is 0 Å². The van der Waals surface area contributed by atoms with Gasteiger partial charge in [0.1, 0.15) is 0 Å². The lowest BCUT2D eigenvalue weighted by atomic mass is 10.1. The first-order valence-electron chi connectivity index (χ1n) is 8.95. The Labute approximate surface area is 174 Å². The van der Waals surface area contributed by atoms with Gasteiger partial charge < -0.3 is 9.84 Å². The van der Waals surface area contributed by atoms with E-state index < -0.39 is 22.5 Å². The molecule has 0 unspecified atom stereocenters. The molecule has 0 saturated heterocycles. The molecule has 0 heterocycles. The molecule has 0 radical (unpaired) electrons. The number of carbonyl (C=O) groups is 1. The van der Waals surface area contributed by atoms with Crippen molar-refractivity contribution in [2.45, 2.75) is 4.90 Å². The minimum absolute atomic E-state index is 0.0146. The fourth-order valence-electron chi connectivity index (χ4n) is 2.78. The number of methoxy groups -OCH3 is 1. The van der Waals surface area contributed by atoms with Gasteiger partial charge in [-0.15, -0.1) is 0 Å². The number of carbonyl (C=O) groups excluding carboxylic acids is 1. The van der Waals surface area contributed by atoms with Crippen molar-refractivity contribution in [3.63, 3.8) is 0 Å². The second-order valence-corrected chi connectivity index (χ2v) is 8.54. The third-order valence-corrected chi connectivity index (χ3v) is 6.20. The highest BCUT2D eigenvalue weighted by atomic mass is 32.2. The second-order valence-electron chi connectivity index (χ2n) is 6.49. The Morgan fingerprint density at radius 3 is 2.60 bits per heavy atom. The number of benzene rings is 3. The molecule has 0 aromatic heterocycles. The molecule has 30 heavy (non-hydrogen) atoms. The van der Waals surface area contributed by atoms with Crippen LogP contribution in [0.15, 0.2) is 70.7 Å². The first-order valence-corrected chi connectivity index (χ1v) is 10.4. The van der Waals surface area contributed by atoms with Crippen molar-refractivity contribution < 1.29 is 23.1 Å². The standard InChI is InChI=1S/C21H21N3O5S/c1-24(30(27,28)18-9-8-16-5-3-4-6-17(16)12-18)14-21(26)23-22-13-15-7-10-19(25)20(11-15)29-2/h3-13,25H,14H2,1-2H3,(H,23,26). The van der Waals surface area contributed by atoms with Crippen molar-refractivity contribution in [1.29, 1.82) is 0 Å². The summed E-state index contributed by atoms with van der Waals surface area (Å²) in [6, 6.07) is 16.8. The lowest BCUT2D eigenvalue weighted by Gasteiger charge is -2.16. The average molecular weight is 427 g/mol. The number of phenolic OH excluding ortho intramolecular Hbond substituents is 1. The van der Waals surface area contributed by atoms with Crippen molar-refractivity contribution in [1.82, 2.24) is 9.73 Å². The Bertz CT molecular complexity index is 1210. The molecule has 0 atom stereocenters. The van der Waals surface area contributed by atoms with Crippen LogP contribution in [-0.2, 0) is 14.8 Å². The number of hydrazone groups is 1. The highest BCUT2D eigenvalue weighted by Crippen LogP contribution is 2.25. The normalized spacial score (nSPS) is 11.8. The SMILES string of the molecule is COc1cc(C=NNC(=O)CN(C)S(=O)(=O)c2ccc3ccccc3c2)ccc1O. The topological polar surface area (TPSA) is 108 Å². The average Bonchev–Trinajstić information content (AvgIpc) is 2.74. The number of nitrogens with one attached hydrogen (secondary N) is 1. The largest absolute Gasteiger partial charge is 0.504 e. The molecule has 0 aliphatic heterocycles. The van der Waals surface area contributed by atoms with Crippen molar-refractivity contribution in [3.8, 4) is 11.5 Å². The summed E-state index contributed by atoms with van der Waals surface area (Å²) in [4.78, 5) is 12.2. The van der Waals surface area contributed by atoms with E-state index in [2.05, 4.69) is 10.5 Å². The van der Waals surface area contributed by atoms with Gasteiger partial charge in [-0.3, -0.25) is 4.79 Å². The zero-order chi connectivity index (χ0) is 21.7. The predicted molar refractivity (Wildman–Crippen MR) is 114 cm³/mol. The molecule has 3 aromatic rings. The molecule has 0 spiro atoms. The van der Waals surface area contributed by atoms with E-state index in [0.29, 0.717) is 5.56 Å². The maximum absolute atomic E-state index is 12.8. The zero-order valence-corrected chi connectivity index (χ0v) is 17.3. The number of hydrogen-bond acceptors (Lipinski definition) is 6. The number of phenols is 1. The predicted octanol–water partition coefficient (Wildman–Crippen LogP) is 2.32. The number of sulfonamides is 1. The van der Waals surface area contributed by atoms with Gasteiger partial charge in [0.15, 0.2) is 11.5 Å². The van der Waals surface area contributed by atoms with Gasteiger partial charge in [-0.1, -0.05) is 30.3 Å². The molecule has 0 fully saturated rings. The second kappa shape index (κ2) is 8.93. The van der Waals surface area contributed by atoms with Gasteiger partial charge in [-0.2, -0.15) is 9.41 Å². The van der Waals surface area contributed by atoms with Crippen LogP contribution in [0.2, 0.25) is 0 Å². The third-order valence-electron chi connectivity index (χ3n) is 4.40. The molecule has 0 aliphatic rings. The maximum Gasteiger partial charge on any atom is 0.255 e. The molecule has 0 saturated carbocycles. The molecule has 1 amide bonds. The summed E-state index contributed by atoms with van der Waals surface area (Å²) in [6.07, 6.45) is 1.36. The van der Waals surface area contributed by atoms with E-state index in [1.165, 1.54) is 32.5 Å². The lowest BCUT2D eigenvalue weighted by Crippen LogP contribution is -2.36. The Balaban J connectivity index is 1.65. The summed E-state index contributed by atoms with van der Waals surface area (Å²) in [5.74, 6) is -0.338. The van der Waals surface area contributed by atoms with Gasteiger partial charge in [-0.25, -0.2) is 13.8 Å². The van der Waals surface area contributed by atoms with Crippen molar-refractivity contribution >= 4 is 32.9 Å². The highest BCUT2D eigenvalue weighted by Gasteiger charge is 2.23. The van der Waals surface area contributed by atoms with E-state index in [1.54, 1.807) is 24.3 Å². The lowest BCUT2D eigenvalue weighted by molar-refractivity contribution is -0.121. The van der Waals surface area contributed by atoms with Crippen LogP contribution < -0.4 is 10.2 Å². The summed E-state index contributed by atoms with van der Waals surface area (Å²) in [7, 11) is -1.09. The van der Waals surface area contributed by atoms with E-state index in [0.717, 1.165) is 15.1 Å². The Morgan fingerprint density at radius 1 is 1.13 bits per heavy atom. The van der Waals surface area contributed by atoms with Crippen molar-refractivity contribution in [2.75, 3.05) is 20.7 Å². The number of amides is 1. The highest BCUT2D eigenvalue weighted by molar-refractivity contribution is 7.89. The maximum atomic E-state index is 12.8. The fraction of sp³-hybridized carbons (Fsp3) is 0.143. The van der Waals surface area contributed by atoms with Gasteiger partial charge in [0, 0.05) is 7.05 Å². The van der Waals surface area contributed by atoms with Crippen LogP contribution in [0.25, 0.3) is 10.8 Å². The molecule has 3 aromatic carbocycles. The number of likely N-dealkylation sites (N-methyl/N-ethyl adjacent to an activating group) is 1. The van der Waals surface area contributed by atoms with Crippen LogP contribution in [0.5, 0.6) is 11.5 Å². The van der Waals surface area contributed by atoms with Crippen LogP contribution in [-0.4, -0.2) is 50.7 Å². The minimum Gasteiger partial charge on any atom is -0.504 e. The summed E-state index contributed by atoms with van der Waals surface area (Å²) in [5.41, 5.74) is 2.87. The first-order chi connectivity index (χ1) is 14.3. The Hall–Kier alpha value is -3.43. The van der Waals surface area contributed by atoms with Gasteiger partial charge in [0.05, 0.1) is 24.8 Å². The molecule has 9 heteroatoms. The number of hydrogen-bond donors (Lipinski definition) is 2. The Morgan fingerprint density at radius 2 is 1.87 bits per heavy atom. The quantitative estimate of drug-likeness (QED) is 0.444.